The molecule has 15 aromatic rings. The first-order chi connectivity index (χ1) is 37.2. The fraction of sp³-hybridized carbons (Fsp3) is 0. The van der Waals surface area contributed by atoms with Gasteiger partial charge in [0.1, 0.15) is 0 Å². The zero-order valence-corrected chi connectivity index (χ0v) is 40.6. The Hall–Kier alpha value is -10.2. The number of para-hydroxylation sites is 4. The lowest BCUT2D eigenvalue weighted by molar-refractivity contribution is 1.18. The Morgan fingerprint density at radius 2 is 0.813 bits per heavy atom. The fourth-order valence-electron chi connectivity index (χ4n) is 11.4. The molecule has 0 spiro atoms. The third-order valence-corrected chi connectivity index (χ3v) is 14.9. The van der Waals surface area contributed by atoms with Crippen LogP contribution < -0.4 is 9.80 Å². The van der Waals surface area contributed by atoms with Crippen molar-refractivity contribution in [3.8, 4) is 16.8 Å². The van der Waals surface area contributed by atoms with Gasteiger partial charge >= 0.3 is 0 Å². The van der Waals surface area contributed by atoms with E-state index in [1.807, 2.05) is 12.3 Å². The van der Waals surface area contributed by atoms with E-state index in [4.69, 9.17) is 9.97 Å². The van der Waals surface area contributed by atoms with E-state index in [9.17, 15) is 0 Å². The molecule has 75 heavy (non-hydrogen) atoms. The molecule has 0 saturated heterocycles. The summed E-state index contributed by atoms with van der Waals surface area (Å²) in [4.78, 5) is 20.9. The molecule has 0 bridgehead atoms. The molecule has 350 valence electrons. The highest BCUT2D eigenvalue weighted by molar-refractivity contribution is 6.27. The molecule has 0 aliphatic rings. The van der Waals surface area contributed by atoms with Crippen molar-refractivity contribution in [2.75, 3.05) is 9.80 Å². The van der Waals surface area contributed by atoms with Crippen LogP contribution in [0.3, 0.4) is 0 Å². The zero-order valence-electron chi connectivity index (χ0n) is 40.6. The summed E-state index contributed by atoms with van der Waals surface area (Å²) in [6.45, 7) is 0. The van der Waals surface area contributed by atoms with Crippen molar-refractivity contribution in [1.82, 2.24) is 19.5 Å². The van der Waals surface area contributed by atoms with Crippen LogP contribution in [0.25, 0.3) is 104 Å². The van der Waals surface area contributed by atoms with E-state index in [0.29, 0.717) is 0 Å². The topological polar surface area (TPSA) is 50.1 Å². The standard InChI is InChI=1S/C69H44N6/c1-5-19-50(20-6-1)73(51-21-7-2-8-22-51)55-30-33-57-59(43-55)60-44-56(74(52-23-9-3-10-24-52)53-25-11-4-12-26-53)31-34-58(60)68-67(57)71-63-36-38-65-66(69(63)72-68)61-42-48(47-28-27-45-16-13-14-17-46(45)40-47)29-37-64(61)75(65)54-32-35-62-49(41-54)18-15-39-70-62/h1-44H. The van der Waals surface area contributed by atoms with Crippen molar-refractivity contribution in [3.05, 3.63) is 267 Å². The summed E-state index contributed by atoms with van der Waals surface area (Å²) in [5, 5.41) is 9.92. The Balaban J connectivity index is 1.03. The average Bonchev–Trinajstić information content (AvgIpc) is 3.93. The van der Waals surface area contributed by atoms with E-state index in [1.54, 1.807) is 0 Å². The summed E-state index contributed by atoms with van der Waals surface area (Å²) in [5.41, 5.74) is 16.3. The second-order valence-electron chi connectivity index (χ2n) is 19.2. The minimum Gasteiger partial charge on any atom is -0.310 e. The molecular weight excluding hydrogens is 913 g/mol. The van der Waals surface area contributed by atoms with E-state index in [1.165, 1.54) is 10.8 Å². The van der Waals surface area contributed by atoms with Crippen LogP contribution in [0.15, 0.2) is 267 Å². The van der Waals surface area contributed by atoms with Crippen molar-refractivity contribution in [2.24, 2.45) is 0 Å². The van der Waals surface area contributed by atoms with Gasteiger partial charge in [0.05, 0.1) is 38.6 Å². The first kappa shape index (κ1) is 42.5. The number of fused-ring (bicyclic) bond motifs is 13. The van der Waals surface area contributed by atoms with Gasteiger partial charge in [0.2, 0.25) is 0 Å². The molecule has 15 rings (SSSR count). The minimum absolute atomic E-state index is 0.837. The van der Waals surface area contributed by atoms with Gasteiger partial charge in [0.15, 0.2) is 0 Å². The van der Waals surface area contributed by atoms with E-state index in [2.05, 4.69) is 274 Å². The molecular formula is C69H44N6. The molecule has 0 aliphatic carbocycles. The van der Waals surface area contributed by atoms with Gasteiger partial charge < -0.3 is 14.4 Å². The van der Waals surface area contributed by atoms with Crippen molar-refractivity contribution in [3.63, 3.8) is 0 Å². The lowest BCUT2D eigenvalue weighted by Crippen LogP contribution is -2.10. The molecule has 0 aliphatic heterocycles. The van der Waals surface area contributed by atoms with E-state index in [0.717, 1.165) is 127 Å². The molecule has 6 heteroatoms. The molecule has 3 aromatic heterocycles. The van der Waals surface area contributed by atoms with Gasteiger partial charge in [0.25, 0.3) is 0 Å². The van der Waals surface area contributed by atoms with Crippen molar-refractivity contribution in [1.29, 1.82) is 0 Å². The third-order valence-electron chi connectivity index (χ3n) is 14.9. The molecule has 3 heterocycles. The van der Waals surface area contributed by atoms with Crippen LogP contribution in [0.1, 0.15) is 0 Å². The maximum Gasteiger partial charge on any atom is 0.0995 e. The third kappa shape index (κ3) is 7.07. The summed E-state index contributed by atoms with van der Waals surface area (Å²) >= 11 is 0. The summed E-state index contributed by atoms with van der Waals surface area (Å²) in [6, 6.07) is 93.4. The van der Waals surface area contributed by atoms with Crippen LogP contribution >= 0.6 is 0 Å². The second kappa shape index (κ2) is 17.3. The van der Waals surface area contributed by atoms with Gasteiger partial charge in [0, 0.05) is 72.9 Å². The number of aromatic nitrogens is 4. The van der Waals surface area contributed by atoms with E-state index >= 15 is 0 Å². The van der Waals surface area contributed by atoms with Gasteiger partial charge in [-0.05, 0) is 160 Å². The summed E-state index contributed by atoms with van der Waals surface area (Å²) in [7, 11) is 0. The van der Waals surface area contributed by atoms with Crippen molar-refractivity contribution >= 4 is 121 Å². The van der Waals surface area contributed by atoms with Crippen molar-refractivity contribution in [2.45, 2.75) is 0 Å². The van der Waals surface area contributed by atoms with Crippen LogP contribution in [0.2, 0.25) is 0 Å². The van der Waals surface area contributed by atoms with E-state index in [-0.39, 0.29) is 0 Å². The predicted octanol–water partition coefficient (Wildman–Crippen LogP) is 18.5. The monoisotopic (exact) mass is 956 g/mol. The lowest BCUT2D eigenvalue weighted by atomic mass is 9.97. The summed E-state index contributed by atoms with van der Waals surface area (Å²) in [6.07, 6.45) is 1.85. The SMILES string of the molecule is c1ccc(N(c2ccccc2)c2ccc3c(c2)c2cc(N(c4ccccc4)c4ccccc4)ccc2c2nc4c(ccc5c4c4cc(-c6ccc7ccccc7c6)ccc4n5-c4ccc5ncccc5c4)nc32)cc1. The summed E-state index contributed by atoms with van der Waals surface area (Å²) < 4.78 is 2.38. The number of pyridine rings is 1. The number of nitrogens with zero attached hydrogens (tertiary/aromatic N) is 6. The maximum atomic E-state index is 5.87. The predicted molar refractivity (Wildman–Crippen MR) is 314 cm³/mol. The number of benzene rings is 12. The average molecular weight is 957 g/mol. The van der Waals surface area contributed by atoms with Gasteiger partial charge in [-0.15, -0.1) is 0 Å². The van der Waals surface area contributed by atoms with Gasteiger partial charge in [-0.25, -0.2) is 9.97 Å². The normalized spacial score (nSPS) is 11.7. The van der Waals surface area contributed by atoms with Gasteiger partial charge in [-0.1, -0.05) is 133 Å². The highest BCUT2D eigenvalue weighted by Crippen LogP contribution is 2.45. The number of anilines is 6. The van der Waals surface area contributed by atoms with Crippen LogP contribution in [0.5, 0.6) is 0 Å². The molecule has 12 aromatic carbocycles. The molecule has 0 radical (unpaired) electrons. The largest absolute Gasteiger partial charge is 0.310 e. The molecule has 0 unspecified atom stereocenters. The van der Waals surface area contributed by atoms with Crippen LogP contribution in [-0.4, -0.2) is 19.5 Å². The van der Waals surface area contributed by atoms with E-state index < -0.39 is 0 Å². The smallest absolute Gasteiger partial charge is 0.0995 e. The highest BCUT2D eigenvalue weighted by Gasteiger charge is 2.23. The second-order valence-corrected chi connectivity index (χ2v) is 19.2. The Morgan fingerprint density at radius 3 is 1.44 bits per heavy atom. The van der Waals surface area contributed by atoms with Gasteiger partial charge in [-0.3, -0.25) is 4.98 Å². The number of hydrogen-bond acceptors (Lipinski definition) is 5. The van der Waals surface area contributed by atoms with Gasteiger partial charge in [-0.2, -0.15) is 0 Å². The fourth-order valence-corrected chi connectivity index (χ4v) is 11.4. The minimum atomic E-state index is 0.837. The zero-order chi connectivity index (χ0) is 49.4. The lowest BCUT2D eigenvalue weighted by Gasteiger charge is -2.27. The molecule has 0 amide bonds. The van der Waals surface area contributed by atoms with Crippen LogP contribution in [0.4, 0.5) is 34.1 Å². The molecule has 0 saturated carbocycles. The molecule has 0 fully saturated rings. The Kier molecular flexibility index (Phi) is 9.78. The Bertz CT molecular complexity index is 4630. The van der Waals surface area contributed by atoms with Crippen LogP contribution in [-0.2, 0) is 0 Å². The first-order valence-electron chi connectivity index (χ1n) is 25.4. The van der Waals surface area contributed by atoms with Crippen molar-refractivity contribution < 1.29 is 0 Å². The first-order valence-corrected chi connectivity index (χ1v) is 25.4. The highest BCUT2D eigenvalue weighted by atomic mass is 15.1. The quantitative estimate of drug-likeness (QED) is 0.112. The molecule has 0 atom stereocenters. The number of rotatable bonds is 8. The Morgan fingerprint density at radius 1 is 0.293 bits per heavy atom. The number of hydrogen-bond donors (Lipinski definition) is 0. The summed E-state index contributed by atoms with van der Waals surface area (Å²) in [5.74, 6) is 0. The molecule has 6 nitrogen and oxygen atoms in total. The Labute approximate surface area is 432 Å². The maximum absolute atomic E-state index is 5.87. The van der Waals surface area contributed by atoms with Crippen LogP contribution in [0, 0.1) is 0 Å². The molecule has 0 N–H and O–H groups in total.